The average Bonchev–Trinajstić information content (AvgIpc) is 3.19. The number of pyridine rings is 1. The Morgan fingerprint density at radius 3 is 2.53 bits per heavy atom. The van der Waals surface area contributed by atoms with E-state index in [0.29, 0.717) is 35.0 Å². The fourth-order valence-corrected chi connectivity index (χ4v) is 3.86. The summed E-state index contributed by atoms with van der Waals surface area (Å²) >= 11 is 0. The summed E-state index contributed by atoms with van der Waals surface area (Å²) in [6.45, 7) is 2.07. The topological polar surface area (TPSA) is 82.5 Å². The standard InChI is InChI=1S/C25H21FN6/c1-16(17-8-3-2-4-9-17)19-15-29-25(30-24(19)27)32-22-12-7-13-28-23(22)21(31-32)14-18-10-5-6-11-20(18)26/h2-13,15-16H,14H2,1H3,(H2,27,29,30). The van der Waals surface area contributed by atoms with Crippen LogP contribution in [0.2, 0.25) is 0 Å². The first-order valence-electron chi connectivity index (χ1n) is 10.4. The summed E-state index contributed by atoms with van der Waals surface area (Å²) in [4.78, 5) is 13.6. The molecule has 5 aromatic rings. The van der Waals surface area contributed by atoms with Crippen molar-refractivity contribution in [3.63, 3.8) is 0 Å². The molecule has 2 N–H and O–H groups in total. The first-order chi connectivity index (χ1) is 15.6. The molecule has 0 aliphatic rings. The number of halogens is 1. The zero-order valence-corrected chi connectivity index (χ0v) is 17.5. The lowest BCUT2D eigenvalue weighted by Gasteiger charge is -2.14. The number of aromatic nitrogens is 5. The predicted molar refractivity (Wildman–Crippen MR) is 122 cm³/mol. The third kappa shape index (κ3) is 3.58. The highest BCUT2D eigenvalue weighted by Crippen LogP contribution is 2.28. The summed E-state index contributed by atoms with van der Waals surface area (Å²) in [6, 6.07) is 20.5. The van der Waals surface area contributed by atoms with Gasteiger partial charge in [-0.25, -0.2) is 9.37 Å². The van der Waals surface area contributed by atoms with Crippen molar-refractivity contribution in [1.29, 1.82) is 0 Å². The van der Waals surface area contributed by atoms with E-state index in [9.17, 15) is 4.39 Å². The Morgan fingerprint density at radius 1 is 0.969 bits per heavy atom. The van der Waals surface area contributed by atoms with Gasteiger partial charge in [-0.3, -0.25) is 4.98 Å². The number of benzene rings is 2. The molecule has 0 spiro atoms. The lowest BCUT2D eigenvalue weighted by Crippen LogP contribution is -2.10. The molecular formula is C25H21FN6. The minimum atomic E-state index is -0.272. The van der Waals surface area contributed by atoms with Gasteiger partial charge < -0.3 is 5.73 Å². The highest BCUT2D eigenvalue weighted by atomic mass is 19.1. The van der Waals surface area contributed by atoms with Gasteiger partial charge in [0.05, 0.1) is 11.2 Å². The summed E-state index contributed by atoms with van der Waals surface area (Å²) in [5.74, 6) is 0.530. The van der Waals surface area contributed by atoms with Gasteiger partial charge in [0.25, 0.3) is 5.95 Å². The van der Waals surface area contributed by atoms with Crippen LogP contribution in [-0.4, -0.2) is 24.7 Å². The molecule has 0 aliphatic carbocycles. The van der Waals surface area contributed by atoms with Crippen LogP contribution in [0.25, 0.3) is 17.0 Å². The molecule has 5 rings (SSSR count). The van der Waals surface area contributed by atoms with E-state index in [1.54, 1.807) is 29.2 Å². The maximum Gasteiger partial charge on any atom is 0.253 e. The van der Waals surface area contributed by atoms with Crippen LogP contribution in [0.5, 0.6) is 0 Å². The first-order valence-corrected chi connectivity index (χ1v) is 10.4. The molecule has 0 amide bonds. The summed E-state index contributed by atoms with van der Waals surface area (Å²) in [5, 5.41) is 4.68. The SMILES string of the molecule is CC(c1ccccc1)c1cnc(-n2nc(Cc3ccccc3F)c3ncccc32)nc1N. The Bertz CT molecular complexity index is 1400. The second kappa shape index (κ2) is 8.19. The van der Waals surface area contributed by atoms with Crippen LogP contribution in [-0.2, 0) is 6.42 Å². The zero-order chi connectivity index (χ0) is 22.1. The number of nitrogens with two attached hydrogens (primary N) is 1. The molecule has 7 heteroatoms. The minimum absolute atomic E-state index is 0.0536. The van der Waals surface area contributed by atoms with E-state index >= 15 is 0 Å². The van der Waals surface area contributed by atoms with Crippen LogP contribution >= 0.6 is 0 Å². The minimum Gasteiger partial charge on any atom is -0.383 e. The molecule has 0 saturated heterocycles. The van der Waals surface area contributed by atoms with Crippen molar-refractivity contribution in [2.75, 3.05) is 5.73 Å². The van der Waals surface area contributed by atoms with E-state index in [1.807, 2.05) is 36.4 Å². The smallest absolute Gasteiger partial charge is 0.253 e. The fourth-order valence-electron chi connectivity index (χ4n) is 3.86. The van der Waals surface area contributed by atoms with E-state index in [4.69, 9.17) is 5.73 Å². The maximum atomic E-state index is 14.2. The van der Waals surface area contributed by atoms with E-state index < -0.39 is 0 Å². The summed E-state index contributed by atoms with van der Waals surface area (Å²) in [6.07, 6.45) is 3.75. The molecule has 1 atom stereocenters. The third-order valence-corrected chi connectivity index (χ3v) is 5.62. The molecule has 6 nitrogen and oxygen atoms in total. The van der Waals surface area contributed by atoms with Gasteiger partial charge in [-0.15, -0.1) is 0 Å². The van der Waals surface area contributed by atoms with Gasteiger partial charge in [0, 0.05) is 30.3 Å². The van der Waals surface area contributed by atoms with Crippen LogP contribution in [0.15, 0.2) is 79.1 Å². The molecule has 2 aromatic carbocycles. The number of hydrogen-bond acceptors (Lipinski definition) is 5. The Kier molecular flexibility index (Phi) is 5.07. The lowest BCUT2D eigenvalue weighted by atomic mass is 9.95. The molecular weight excluding hydrogens is 403 g/mol. The highest BCUT2D eigenvalue weighted by molar-refractivity contribution is 5.79. The van der Waals surface area contributed by atoms with Crippen molar-refractivity contribution in [3.8, 4) is 5.95 Å². The Morgan fingerprint density at radius 2 is 1.75 bits per heavy atom. The Hall–Kier alpha value is -4.13. The van der Waals surface area contributed by atoms with Crippen LogP contribution in [0.4, 0.5) is 10.2 Å². The van der Waals surface area contributed by atoms with Gasteiger partial charge >= 0.3 is 0 Å². The number of fused-ring (bicyclic) bond motifs is 1. The first kappa shape index (κ1) is 19.8. The van der Waals surface area contributed by atoms with E-state index in [0.717, 1.165) is 16.6 Å². The van der Waals surface area contributed by atoms with Crippen molar-refractivity contribution in [1.82, 2.24) is 24.7 Å². The van der Waals surface area contributed by atoms with Gasteiger partial charge in [0.1, 0.15) is 17.2 Å². The van der Waals surface area contributed by atoms with E-state index in [-0.39, 0.29) is 11.7 Å². The monoisotopic (exact) mass is 424 g/mol. The quantitative estimate of drug-likeness (QED) is 0.443. The Balaban J connectivity index is 1.55. The summed E-state index contributed by atoms with van der Waals surface area (Å²) in [7, 11) is 0. The van der Waals surface area contributed by atoms with Crippen LogP contribution < -0.4 is 5.73 Å². The van der Waals surface area contributed by atoms with Crippen molar-refractivity contribution >= 4 is 16.9 Å². The van der Waals surface area contributed by atoms with Crippen LogP contribution in [0.3, 0.4) is 0 Å². The predicted octanol–water partition coefficient (Wildman–Crippen LogP) is 4.67. The van der Waals surface area contributed by atoms with Gasteiger partial charge in [0.2, 0.25) is 0 Å². The lowest BCUT2D eigenvalue weighted by molar-refractivity contribution is 0.613. The molecule has 158 valence electrons. The molecule has 0 bridgehead atoms. The van der Waals surface area contributed by atoms with Crippen molar-refractivity contribution in [3.05, 3.63) is 107 Å². The van der Waals surface area contributed by atoms with Crippen molar-refractivity contribution in [2.24, 2.45) is 0 Å². The van der Waals surface area contributed by atoms with Gasteiger partial charge in [-0.1, -0.05) is 55.5 Å². The van der Waals surface area contributed by atoms with E-state index in [1.165, 1.54) is 6.07 Å². The van der Waals surface area contributed by atoms with Gasteiger partial charge in [0.15, 0.2) is 0 Å². The molecule has 3 heterocycles. The number of anilines is 1. The highest BCUT2D eigenvalue weighted by Gasteiger charge is 2.19. The molecule has 3 aromatic heterocycles. The Labute approximate surface area is 184 Å². The molecule has 0 fully saturated rings. The van der Waals surface area contributed by atoms with Crippen molar-refractivity contribution < 1.29 is 4.39 Å². The number of rotatable bonds is 5. The second-order valence-electron chi connectivity index (χ2n) is 7.64. The molecule has 0 aliphatic heterocycles. The largest absolute Gasteiger partial charge is 0.383 e. The zero-order valence-electron chi connectivity index (χ0n) is 17.5. The number of nitrogen functional groups attached to an aromatic ring is 1. The number of nitrogens with zero attached hydrogens (tertiary/aromatic N) is 5. The summed E-state index contributed by atoms with van der Waals surface area (Å²) in [5.41, 5.74) is 10.9. The molecule has 32 heavy (non-hydrogen) atoms. The molecule has 0 radical (unpaired) electrons. The van der Waals surface area contributed by atoms with Crippen molar-refractivity contribution in [2.45, 2.75) is 19.3 Å². The summed E-state index contributed by atoms with van der Waals surface area (Å²) < 4.78 is 15.8. The van der Waals surface area contributed by atoms with E-state index in [2.05, 4.69) is 39.1 Å². The normalized spacial score (nSPS) is 12.2. The van der Waals surface area contributed by atoms with Gasteiger partial charge in [-0.05, 0) is 29.3 Å². The average molecular weight is 424 g/mol. The maximum absolute atomic E-state index is 14.2. The van der Waals surface area contributed by atoms with Crippen LogP contribution in [0.1, 0.15) is 35.2 Å². The number of hydrogen-bond donors (Lipinski definition) is 1. The molecule has 0 saturated carbocycles. The van der Waals surface area contributed by atoms with Crippen LogP contribution in [0, 0.1) is 5.82 Å². The van der Waals surface area contributed by atoms with Gasteiger partial charge in [-0.2, -0.15) is 14.8 Å². The second-order valence-corrected chi connectivity index (χ2v) is 7.64. The fraction of sp³-hybridized carbons (Fsp3) is 0.120. The third-order valence-electron chi connectivity index (χ3n) is 5.62. The molecule has 1 unspecified atom stereocenters.